The van der Waals surface area contributed by atoms with E-state index in [2.05, 4.69) is 25.6 Å². The van der Waals surface area contributed by atoms with E-state index in [1.54, 1.807) is 50.0 Å². The van der Waals surface area contributed by atoms with Crippen molar-refractivity contribution >= 4 is 52.0 Å². The Bertz CT molecular complexity index is 1470. The van der Waals surface area contributed by atoms with Crippen LogP contribution in [-0.2, 0) is 6.18 Å². The fraction of sp³-hybridized carbons (Fsp3) is 0.174. The molecule has 0 saturated carbocycles. The SMILES string of the molecule is CN(C)C(=O)N(C)c1ncnc2c1ncn2-c1ccc(NC(=O)Nc2ccc(Cl)c(C(F)(F)F)c2)cc1. The van der Waals surface area contributed by atoms with Crippen molar-refractivity contribution in [2.75, 3.05) is 36.7 Å². The van der Waals surface area contributed by atoms with Crippen LogP contribution in [0.25, 0.3) is 16.9 Å². The number of imidazole rings is 1. The topological polar surface area (TPSA) is 108 Å². The summed E-state index contributed by atoms with van der Waals surface area (Å²) < 4.78 is 40.8. The number of fused-ring (bicyclic) bond motifs is 1. The van der Waals surface area contributed by atoms with Gasteiger partial charge in [0, 0.05) is 38.2 Å². The average Bonchev–Trinajstić information content (AvgIpc) is 3.28. The fourth-order valence-electron chi connectivity index (χ4n) is 3.47. The normalized spacial score (nSPS) is 11.3. The number of rotatable bonds is 4. The minimum atomic E-state index is -4.65. The lowest BCUT2D eigenvalue weighted by Gasteiger charge is -2.20. The number of urea groups is 2. The molecule has 192 valence electrons. The number of anilines is 3. The molecule has 0 bridgehead atoms. The largest absolute Gasteiger partial charge is 0.417 e. The van der Waals surface area contributed by atoms with Crippen LogP contribution in [0.1, 0.15) is 5.56 Å². The Balaban J connectivity index is 1.50. The molecule has 0 spiro atoms. The molecule has 4 rings (SSSR count). The first kappa shape index (κ1) is 25.7. The highest BCUT2D eigenvalue weighted by Crippen LogP contribution is 2.36. The lowest BCUT2D eigenvalue weighted by molar-refractivity contribution is -0.137. The van der Waals surface area contributed by atoms with Crippen molar-refractivity contribution in [3.8, 4) is 5.69 Å². The number of aromatic nitrogens is 4. The maximum atomic E-state index is 13.0. The molecular formula is C23H20ClF3N8O2. The molecule has 0 fully saturated rings. The monoisotopic (exact) mass is 532 g/mol. The first-order chi connectivity index (χ1) is 17.5. The Kier molecular flexibility index (Phi) is 6.90. The van der Waals surface area contributed by atoms with Gasteiger partial charge in [-0.3, -0.25) is 9.47 Å². The molecule has 0 aliphatic carbocycles. The number of carbonyl (C=O) groups excluding carboxylic acids is 2. The summed E-state index contributed by atoms with van der Waals surface area (Å²) in [6.45, 7) is 0. The van der Waals surface area contributed by atoms with Gasteiger partial charge < -0.3 is 15.5 Å². The minimum Gasteiger partial charge on any atom is -0.330 e. The van der Waals surface area contributed by atoms with Gasteiger partial charge in [-0.05, 0) is 42.5 Å². The zero-order valence-corrected chi connectivity index (χ0v) is 20.5. The Morgan fingerprint density at radius 1 is 0.946 bits per heavy atom. The Morgan fingerprint density at radius 3 is 2.24 bits per heavy atom. The number of alkyl halides is 3. The fourth-order valence-corrected chi connectivity index (χ4v) is 3.69. The highest BCUT2D eigenvalue weighted by atomic mass is 35.5. The summed E-state index contributed by atoms with van der Waals surface area (Å²) in [6.07, 6.45) is -1.79. The van der Waals surface area contributed by atoms with Crippen LogP contribution in [0.3, 0.4) is 0 Å². The smallest absolute Gasteiger partial charge is 0.330 e. The van der Waals surface area contributed by atoms with E-state index in [4.69, 9.17) is 11.6 Å². The van der Waals surface area contributed by atoms with Gasteiger partial charge in [-0.25, -0.2) is 24.5 Å². The number of amides is 4. The van der Waals surface area contributed by atoms with Gasteiger partial charge in [0.25, 0.3) is 0 Å². The van der Waals surface area contributed by atoms with Gasteiger partial charge >= 0.3 is 18.2 Å². The van der Waals surface area contributed by atoms with Crippen LogP contribution in [0.2, 0.25) is 5.02 Å². The van der Waals surface area contributed by atoms with Crippen molar-refractivity contribution in [2.24, 2.45) is 0 Å². The number of carbonyl (C=O) groups is 2. The molecule has 14 heteroatoms. The second-order valence-corrected chi connectivity index (χ2v) is 8.45. The standard InChI is InChI=1S/C23H20ClF3N8O2/c1-33(2)22(37)34(3)19-18-20(29-11-28-19)35(12-30-18)15-7-4-13(5-8-15)31-21(36)32-14-6-9-17(24)16(10-14)23(25,26)27/h4-12H,1-3H3,(H2,31,32,36). The highest BCUT2D eigenvalue weighted by Gasteiger charge is 2.33. The summed E-state index contributed by atoms with van der Waals surface area (Å²) in [5.74, 6) is 0.341. The zero-order valence-electron chi connectivity index (χ0n) is 19.7. The average molecular weight is 533 g/mol. The summed E-state index contributed by atoms with van der Waals surface area (Å²) >= 11 is 5.61. The van der Waals surface area contributed by atoms with E-state index in [0.717, 1.165) is 12.1 Å². The third kappa shape index (κ3) is 5.40. The van der Waals surface area contributed by atoms with E-state index in [1.165, 1.54) is 28.5 Å². The first-order valence-electron chi connectivity index (χ1n) is 10.6. The second-order valence-electron chi connectivity index (χ2n) is 8.04. The van der Waals surface area contributed by atoms with Crippen molar-refractivity contribution in [3.05, 3.63) is 65.7 Å². The van der Waals surface area contributed by atoms with Gasteiger partial charge in [0.05, 0.1) is 10.6 Å². The summed E-state index contributed by atoms with van der Waals surface area (Å²) in [5, 5.41) is 4.45. The molecule has 4 amide bonds. The number of benzene rings is 2. The maximum Gasteiger partial charge on any atom is 0.417 e. The predicted octanol–water partition coefficient (Wildman–Crippen LogP) is 5.25. The summed E-state index contributed by atoms with van der Waals surface area (Å²) in [7, 11) is 4.84. The van der Waals surface area contributed by atoms with Gasteiger partial charge in [0.15, 0.2) is 17.0 Å². The number of hydrogen-bond donors (Lipinski definition) is 2. The molecular weight excluding hydrogens is 513 g/mol. The predicted molar refractivity (Wildman–Crippen MR) is 133 cm³/mol. The van der Waals surface area contributed by atoms with Crippen LogP contribution < -0.4 is 15.5 Å². The highest BCUT2D eigenvalue weighted by molar-refractivity contribution is 6.31. The Morgan fingerprint density at radius 2 is 1.59 bits per heavy atom. The van der Waals surface area contributed by atoms with Crippen molar-refractivity contribution in [2.45, 2.75) is 6.18 Å². The van der Waals surface area contributed by atoms with Gasteiger partial charge in [0.2, 0.25) is 0 Å². The molecule has 0 atom stereocenters. The zero-order chi connectivity index (χ0) is 26.9. The van der Waals surface area contributed by atoms with E-state index in [0.29, 0.717) is 28.4 Å². The van der Waals surface area contributed by atoms with E-state index in [-0.39, 0.29) is 11.7 Å². The molecule has 4 aromatic rings. The number of nitrogens with one attached hydrogen (secondary N) is 2. The summed E-state index contributed by atoms with van der Waals surface area (Å²) in [5.41, 5.74) is 0.819. The second kappa shape index (κ2) is 9.93. The van der Waals surface area contributed by atoms with E-state index in [9.17, 15) is 22.8 Å². The van der Waals surface area contributed by atoms with Crippen molar-refractivity contribution in [1.82, 2.24) is 24.4 Å². The van der Waals surface area contributed by atoms with Crippen LogP contribution in [0.15, 0.2) is 55.1 Å². The van der Waals surface area contributed by atoms with Crippen LogP contribution >= 0.6 is 11.6 Å². The van der Waals surface area contributed by atoms with Gasteiger partial charge in [-0.2, -0.15) is 13.2 Å². The summed E-state index contributed by atoms with van der Waals surface area (Å²) in [4.78, 5) is 40.3. The van der Waals surface area contributed by atoms with Gasteiger partial charge in [-0.1, -0.05) is 11.6 Å². The third-order valence-corrected chi connectivity index (χ3v) is 5.56. The molecule has 0 unspecified atom stereocenters. The van der Waals surface area contributed by atoms with E-state index < -0.39 is 22.8 Å². The Hall–Kier alpha value is -4.39. The molecule has 0 aliphatic rings. The van der Waals surface area contributed by atoms with Gasteiger partial charge in [0.1, 0.15) is 12.7 Å². The van der Waals surface area contributed by atoms with Crippen LogP contribution in [0.5, 0.6) is 0 Å². The molecule has 2 N–H and O–H groups in total. The lowest BCUT2D eigenvalue weighted by atomic mass is 10.2. The lowest BCUT2D eigenvalue weighted by Crippen LogP contribution is -2.37. The van der Waals surface area contributed by atoms with Crippen molar-refractivity contribution < 1.29 is 22.8 Å². The number of nitrogens with zero attached hydrogens (tertiary/aromatic N) is 6. The van der Waals surface area contributed by atoms with Crippen molar-refractivity contribution in [3.63, 3.8) is 0 Å². The maximum absolute atomic E-state index is 13.0. The van der Waals surface area contributed by atoms with E-state index in [1.807, 2.05) is 0 Å². The summed E-state index contributed by atoms with van der Waals surface area (Å²) in [6, 6.07) is 8.67. The Labute approximate surface area is 213 Å². The quantitative estimate of drug-likeness (QED) is 0.373. The molecule has 2 heterocycles. The van der Waals surface area contributed by atoms with Crippen LogP contribution in [-0.4, -0.2) is 57.6 Å². The van der Waals surface area contributed by atoms with Gasteiger partial charge in [-0.15, -0.1) is 0 Å². The molecule has 2 aromatic heterocycles. The molecule has 0 aliphatic heterocycles. The molecule has 0 saturated heterocycles. The third-order valence-electron chi connectivity index (χ3n) is 5.23. The van der Waals surface area contributed by atoms with Crippen LogP contribution in [0.4, 0.5) is 40.0 Å². The van der Waals surface area contributed by atoms with E-state index >= 15 is 0 Å². The number of hydrogen-bond acceptors (Lipinski definition) is 5. The molecule has 10 nitrogen and oxygen atoms in total. The van der Waals surface area contributed by atoms with Crippen molar-refractivity contribution in [1.29, 1.82) is 0 Å². The molecule has 0 radical (unpaired) electrons. The first-order valence-corrected chi connectivity index (χ1v) is 11.0. The minimum absolute atomic E-state index is 0.0658. The number of halogens is 4. The molecule has 2 aromatic carbocycles. The van der Waals surface area contributed by atoms with Crippen LogP contribution in [0, 0.1) is 0 Å². The molecule has 37 heavy (non-hydrogen) atoms.